The number of rotatable bonds is 4. The first kappa shape index (κ1) is 30.7. The van der Waals surface area contributed by atoms with E-state index in [0.717, 1.165) is 82.8 Å². The number of fused-ring (bicyclic) bond motifs is 9. The Morgan fingerprint density at radius 2 is 0.855 bits per heavy atom. The van der Waals surface area contributed by atoms with Gasteiger partial charge in [-0.2, -0.15) is 10.5 Å². The van der Waals surface area contributed by atoms with Gasteiger partial charge in [0.1, 0.15) is 0 Å². The topological polar surface area (TPSA) is 62.4 Å². The van der Waals surface area contributed by atoms with Gasteiger partial charge in [-0.3, -0.25) is 0 Å². The molecule has 0 fully saturated rings. The third-order valence-electron chi connectivity index (χ3n) is 11.1. The predicted octanol–water partition coefficient (Wildman–Crippen LogP) is 12.4. The quantitative estimate of drug-likeness (QED) is 0.184. The first-order chi connectivity index (χ1) is 27.2. The molecule has 0 bridgehead atoms. The zero-order valence-corrected chi connectivity index (χ0v) is 29.5. The van der Waals surface area contributed by atoms with Gasteiger partial charge < -0.3 is 13.7 Å². The van der Waals surface area contributed by atoms with Crippen LogP contribution in [0.25, 0.3) is 93.6 Å². The van der Waals surface area contributed by atoms with Crippen LogP contribution in [-0.4, -0.2) is 13.7 Å². The average Bonchev–Trinajstić information content (AvgIpc) is 3.89. The lowest BCUT2D eigenvalue weighted by atomic mass is 9.97. The van der Waals surface area contributed by atoms with E-state index in [0.29, 0.717) is 11.1 Å². The van der Waals surface area contributed by atoms with Crippen molar-refractivity contribution in [3.05, 3.63) is 187 Å². The van der Waals surface area contributed by atoms with E-state index in [-0.39, 0.29) is 0 Å². The highest BCUT2D eigenvalue weighted by Crippen LogP contribution is 2.42. The molecule has 11 rings (SSSR count). The van der Waals surface area contributed by atoms with Crippen molar-refractivity contribution in [2.75, 3.05) is 0 Å². The maximum absolute atomic E-state index is 10.6. The summed E-state index contributed by atoms with van der Waals surface area (Å²) in [5.41, 5.74) is 12.4. The van der Waals surface area contributed by atoms with E-state index in [1.54, 1.807) is 0 Å². The molecule has 8 aromatic carbocycles. The molecule has 0 aliphatic carbocycles. The third kappa shape index (κ3) is 4.39. The SMILES string of the molecule is N#Cc1ccc2c3ccccc3n(-c3ccccc3-c3cc(-n4c5ccccc5c5cccc(-n6c7ccccc7c7ccccc76)c54)ccc3C#N)c2c1. The van der Waals surface area contributed by atoms with Gasteiger partial charge in [-0.1, -0.05) is 109 Å². The number of hydrogen-bond donors (Lipinski definition) is 0. The molecule has 0 saturated carbocycles. The summed E-state index contributed by atoms with van der Waals surface area (Å²) in [6.45, 7) is 0. The van der Waals surface area contributed by atoms with Gasteiger partial charge in [-0.05, 0) is 66.7 Å². The molecule has 0 spiro atoms. The predicted molar refractivity (Wildman–Crippen MR) is 224 cm³/mol. The van der Waals surface area contributed by atoms with Crippen LogP contribution < -0.4 is 0 Å². The Balaban J connectivity index is 1.22. The van der Waals surface area contributed by atoms with Crippen LogP contribution >= 0.6 is 0 Å². The lowest BCUT2D eigenvalue weighted by Gasteiger charge is -2.18. The van der Waals surface area contributed by atoms with E-state index >= 15 is 0 Å². The van der Waals surface area contributed by atoms with Crippen LogP contribution in [0.2, 0.25) is 0 Å². The average molecular weight is 700 g/mol. The summed E-state index contributed by atoms with van der Waals surface area (Å²) < 4.78 is 6.98. The standard InChI is InChI=1S/C50H29N5/c51-30-32-24-27-40-37-14-3-9-21-46(37)55(49(40)28-32)47-22-10-5-16-39(47)42-29-34(26-25-33(42)31-52)53-43-18-6-4-15-38(43)41-17-11-23-48(50(41)53)54-44-19-7-1-12-35(44)36-13-2-8-20-45(36)54/h1-29H. The van der Waals surface area contributed by atoms with Crippen molar-refractivity contribution in [2.45, 2.75) is 0 Å². The van der Waals surface area contributed by atoms with Crippen molar-refractivity contribution in [3.63, 3.8) is 0 Å². The van der Waals surface area contributed by atoms with Gasteiger partial charge in [0.25, 0.3) is 0 Å². The van der Waals surface area contributed by atoms with Crippen molar-refractivity contribution in [2.24, 2.45) is 0 Å². The van der Waals surface area contributed by atoms with E-state index in [9.17, 15) is 10.5 Å². The maximum atomic E-state index is 10.6. The molecule has 0 N–H and O–H groups in total. The Labute approximate surface area is 316 Å². The smallest absolute Gasteiger partial charge is 0.0998 e. The molecule has 3 aromatic heterocycles. The summed E-state index contributed by atoms with van der Waals surface area (Å²) in [5, 5.41) is 27.4. The number of hydrogen-bond acceptors (Lipinski definition) is 2. The molecule has 5 heteroatoms. The van der Waals surface area contributed by atoms with E-state index in [2.05, 4.69) is 153 Å². The monoisotopic (exact) mass is 699 g/mol. The zero-order chi connectivity index (χ0) is 36.6. The largest absolute Gasteiger partial charge is 0.309 e. The van der Waals surface area contributed by atoms with Crippen LogP contribution in [0.5, 0.6) is 0 Å². The number of benzene rings is 8. The maximum Gasteiger partial charge on any atom is 0.0998 e. The van der Waals surface area contributed by atoms with E-state index in [1.807, 2.05) is 48.5 Å². The fraction of sp³-hybridized carbons (Fsp3) is 0. The van der Waals surface area contributed by atoms with Gasteiger partial charge in [-0.25, -0.2) is 0 Å². The van der Waals surface area contributed by atoms with Gasteiger partial charge >= 0.3 is 0 Å². The van der Waals surface area contributed by atoms with Crippen LogP contribution in [0, 0.1) is 22.7 Å². The molecule has 3 heterocycles. The van der Waals surface area contributed by atoms with Crippen molar-refractivity contribution in [3.8, 4) is 40.3 Å². The molecule has 11 aromatic rings. The minimum Gasteiger partial charge on any atom is -0.309 e. The molecule has 55 heavy (non-hydrogen) atoms. The Kier molecular flexibility index (Phi) is 6.61. The lowest BCUT2D eigenvalue weighted by molar-refractivity contribution is 1.13. The second-order valence-corrected chi connectivity index (χ2v) is 14.0. The lowest BCUT2D eigenvalue weighted by Crippen LogP contribution is -2.02. The van der Waals surface area contributed by atoms with Crippen molar-refractivity contribution in [1.29, 1.82) is 10.5 Å². The minimum absolute atomic E-state index is 0.582. The van der Waals surface area contributed by atoms with Crippen LogP contribution in [0.15, 0.2) is 176 Å². The summed E-state index contributed by atoms with van der Waals surface area (Å²) in [4.78, 5) is 0. The first-order valence-corrected chi connectivity index (χ1v) is 18.3. The van der Waals surface area contributed by atoms with Crippen LogP contribution in [0.4, 0.5) is 0 Å². The minimum atomic E-state index is 0.582. The summed E-state index contributed by atoms with van der Waals surface area (Å²) in [5.74, 6) is 0. The third-order valence-corrected chi connectivity index (χ3v) is 11.1. The Hall–Kier alpha value is -7.86. The Morgan fingerprint density at radius 3 is 1.49 bits per heavy atom. The summed E-state index contributed by atoms with van der Waals surface area (Å²) in [7, 11) is 0. The molecular weight excluding hydrogens is 671 g/mol. The fourth-order valence-electron chi connectivity index (χ4n) is 8.82. The van der Waals surface area contributed by atoms with Crippen LogP contribution in [0.3, 0.4) is 0 Å². The van der Waals surface area contributed by atoms with Gasteiger partial charge in [0.15, 0.2) is 0 Å². The Morgan fingerprint density at radius 1 is 0.345 bits per heavy atom. The van der Waals surface area contributed by atoms with E-state index in [4.69, 9.17) is 0 Å². The molecule has 0 unspecified atom stereocenters. The Bertz CT molecular complexity index is 3420. The van der Waals surface area contributed by atoms with Crippen molar-refractivity contribution < 1.29 is 0 Å². The molecule has 0 saturated heterocycles. The normalized spacial score (nSPS) is 11.6. The number of nitriles is 2. The molecule has 5 nitrogen and oxygen atoms in total. The summed E-state index contributed by atoms with van der Waals surface area (Å²) in [6.07, 6.45) is 0. The second-order valence-electron chi connectivity index (χ2n) is 14.0. The van der Waals surface area contributed by atoms with Gasteiger partial charge in [-0.15, -0.1) is 0 Å². The second kappa shape index (κ2) is 11.8. The highest BCUT2D eigenvalue weighted by molar-refractivity contribution is 6.15. The van der Waals surface area contributed by atoms with Gasteiger partial charge in [0.05, 0.1) is 67.7 Å². The zero-order valence-electron chi connectivity index (χ0n) is 29.5. The highest BCUT2D eigenvalue weighted by atomic mass is 15.1. The molecule has 0 atom stereocenters. The number of para-hydroxylation sites is 6. The fourth-order valence-corrected chi connectivity index (χ4v) is 8.82. The van der Waals surface area contributed by atoms with E-state index in [1.165, 1.54) is 10.8 Å². The van der Waals surface area contributed by atoms with Crippen LogP contribution in [-0.2, 0) is 0 Å². The molecule has 0 radical (unpaired) electrons. The molecule has 0 amide bonds. The van der Waals surface area contributed by atoms with E-state index < -0.39 is 0 Å². The molecular formula is C50H29N5. The summed E-state index contributed by atoms with van der Waals surface area (Å²) in [6, 6.07) is 65.9. The van der Waals surface area contributed by atoms with Gasteiger partial charge in [0, 0.05) is 49.1 Å². The summed E-state index contributed by atoms with van der Waals surface area (Å²) >= 11 is 0. The van der Waals surface area contributed by atoms with Gasteiger partial charge in [0.2, 0.25) is 0 Å². The van der Waals surface area contributed by atoms with Crippen molar-refractivity contribution in [1.82, 2.24) is 13.7 Å². The first-order valence-electron chi connectivity index (χ1n) is 18.3. The number of aromatic nitrogens is 3. The highest BCUT2D eigenvalue weighted by Gasteiger charge is 2.22. The number of nitrogens with zero attached hydrogens (tertiary/aromatic N) is 5. The molecule has 0 aliphatic rings. The van der Waals surface area contributed by atoms with Crippen molar-refractivity contribution >= 4 is 65.4 Å². The van der Waals surface area contributed by atoms with Crippen LogP contribution in [0.1, 0.15) is 11.1 Å². The molecule has 0 aliphatic heterocycles. The molecule has 254 valence electrons.